The van der Waals surface area contributed by atoms with Gasteiger partial charge in [-0.1, -0.05) is 0 Å². The number of amides is 2. The Kier molecular flexibility index (Phi) is 5.73. The molecule has 0 saturated carbocycles. The topological polar surface area (TPSA) is 103 Å². The zero-order chi connectivity index (χ0) is 20.1. The smallest absolute Gasteiger partial charge is 0.319 e. The zero-order valence-corrected chi connectivity index (χ0v) is 16.1. The summed E-state index contributed by atoms with van der Waals surface area (Å²) in [6, 6.07) is 10.3. The lowest BCUT2D eigenvalue weighted by molar-refractivity contribution is 0.249. The van der Waals surface area contributed by atoms with E-state index in [-0.39, 0.29) is 12.1 Å². The van der Waals surface area contributed by atoms with Crippen molar-refractivity contribution in [3.05, 3.63) is 53.9 Å². The molecule has 0 unspecified atom stereocenters. The molecule has 0 aliphatic carbocycles. The van der Waals surface area contributed by atoms with E-state index in [1.165, 1.54) is 6.33 Å². The maximum absolute atomic E-state index is 12.4. The number of aromatic nitrogens is 4. The molecule has 0 radical (unpaired) electrons. The number of benzene rings is 2. The highest BCUT2D eigenvalue weighted by molar-refractivity contribution is 5.89. The van der Waals surface area contributed by atoms with Gasteiger partial charge in [0.05, 0.1) is 25.9 Å². The molecule has 3 rings (SSSR count). The van der Waals surface area contributed by atoms with E-state index in [2.05, 4.69) is 26.2 Å². The van der Waals surface area contributed by atoms with Gasteiger partial charge >= 0.3 is 6.03 Å². The van der Waals surface area contributed by atoms with E-state index in [1.54, 1.807) is 25.0 Å². The lowest BCUT2D eigenvalue weighted by Crippen LogP contribution is -2.31. The van der Waals surface area contributed by atoms with Crippen LogP contribution in [0.15, 0.2) is 42.7 Å². The molecular formula is C19H22N6O3. The lowest BCUT2D eigenvalue weighted by atomic mass is 10.1. The van der Waals surface area contributed by atoms with Crippen LogP contribution in [-0.2, 0) is 0 Å². The summed E-state index contributed by atoms with van der Waals surface area (Å²) in [5.41, 5.74) is 3.25. The highest BCUT2D eigenvalue weighted by atomic mass is 16.5. The van der Waals surface area contributed by atoms with E-state index in [1.807, 2.05) is 44.2 Å². The van der Waals surface area contributed by atoms with Gasteiger partial charge in [-0.05, 0) is 66.2 Å². The van der Waals surface area contributed by atoms with Gasteiger partial charge in [0.25, 0.3) is 0 Å². The second kappa shape index (κ2) is 8.38. The van der Waals surface area contributed by atoms with Gasteiger partial charge in [-0.3, -0.25) is 0 Å². The van der Waals surface area contributed by atoms with Crippen LogP contribution < -0.4 is 20.1 Å². The largest absolute Gasteiger partial charge is 0.497 e. The first-order valence-corrected chi connectivity index (χ1v) is 8.65. The first kappa shape index (κ1) is 19.2. The summed E-state index contributed by atoms with van der Waals surface area (Å²) in [6.45, 7) is 3.80. The monoisotopic (exact) mass is 382 g/mol. The van der Waals surface area contributed by atoms with Crippen molar-refractivity contribution in [3.63, 3.8) is 0 Å². The number of hydrogen-bond acceptors (Lipinski definition) is 6. The van der Waals surface area contributed by atoms with Gasteiger partial charge in [0.2, 0.25) is 0 Å². The number of methoxy groups -OCH3 is 2. The molecule has 0 fully saturated rings. The minimum Gasteiger partial charge on any atom is -0.497 e. The van der Waals surface area contributed by atoms with Crippen LogP contribution in [0, 0.1) is 6.92 Å². The van der Waals surface area contributed by atoms with E-state index >= 15 is 0 Å². The molecule has 0 saturated heterocycles. The summed E-state index contributed by atoms with van der Waals surface area (Å²) < 4.78 is 12.2. The van der Waals surface area contributed by atoms with Crippen molar-refractivity contribution >= 4 is 11.7 Å². The molecule has 2 aromatic carbocycles. The van der Waals surface area contributed by atoms with Crippen molar-refractivity contribution in [1.29, 1.82) is 0 Å². The van der Waals surface area contributed by atoms with Gasteiger partial charge < -0.3 is 20.1 Å². The zero-order valence-electron chi connectivity index (χ0n) is 16.1. The fourth-order valence-electron chi connectivity index (χ4n) is 2.88. The summed E-state index contributed by atoms with van der Waals surface area (Å²) in [4.78, 5) is 12.4. The number of aryl methyl sites for hydroxylation is 1. The molecule has 9 heteroatoms. The molecular weight excluding hydrogens is 360 g/mol. The number of carbonyl (C=O) groups excluding carboxylic acids is 1. The predicted molar refractivity (Wildman–Crippen MR) is 104 cm³/mol. The van der Waals surface area contributed by atoms with Crippen LogP contribution in [0.4, 0.5) is 10.5 Å². The number of anilines is 1. The van der Waals surface area contributed by atoms with Crippen LogP contribution >= 0.6 is 0 Å². The molecule has 0 aliphatic heterocycles. The fourth-order valence-corrected chi connectivity index (χ4v) is 2.88. The Morgan fingerprint density at radius 1 is 1.14 bits per heavy atom. The SMILES string of the molecule is COc1ccc(OC)c([C@H](C)NC(=O)Nc2ccc(-n3cnnn3)c(C)c2)c1. The molecule has 0 spiro atoms. The summed E-state index contributed by atoms with van der Waals surface area (Å²) in [7, 11) is 3.19. The van der Waals surface area contributed by atoms with E-state index in [9.17, 15) is 4.79 Å². The predicted octanol–water partition coefficient (Wildman–Crippen LogP) is 2.87. The van der Waals surface area contributed by atoms with Crippen LogP contribution in [0.1, 0.15) is 24.1 Å². The molecule has 1 aromatic heterocycles. The van der Waals surface area contributed by atoms with E-state index in [0.717, 1.165) is 16.8 Å². The van der Waals surface area contributed by atoms with Crippen molar-refractivity contribution in [1.82, 2.24) is 25.5 Å². The lowest BCUT2D eigenvalue weighted by Gasteiger charge is -2.19. The molecule has 2 amide bonds. The number of rotatable bonds is 6. The quantitative estimate of drug-likeness (QED) is 0.679. The Morgan fingerprint density at radius 2 is 1.96 bits per heavy atom. The average molecular weight is 382 g/mol. The second-order valence-corrected chi connectivity index (χ2v) is 6.18. The van der Waals surface area contributed by atoms with Crippen molar-refractivity contribution < 1.29 is 14.3 Å². The Labute approximate surface area is 162 Å². The molecule has 9 nitrogen and oxygen atoms in total. The summed E-state index contributed by atoms with van der Waals surface area (Å²) in [6.07, 6.45) is 1.52. The number of nitrogens with zero attached hydrogens (tertiary/aromatic N) is 4. The van der Waals surface area contributed by atoms with Crippen molar-refractivity contribution in [2.75, 3.05) is 19.5 Å². The standard InChI is InChI=1S/C19H22N6O3/c1-12-9-14(5-7-17(12)25-11-20-23-24-25)22-19(26)21-13(2)16-10-15(27-3)6-8-18(16)28-4/h5-11,13H,1-4H3,(H2,21,22,26)/t13-/m0/s1. The highest BCUT2D eigenvalue weighted by Crippen LogP contribution is 2.29. The van der Waals surface area contributed by atoms with Gasteiger partial charge in [0, 0.05) is 11.3 Å². The number of tetrazole rings is 1. The normalized spacial score (nSPS) is 11.6. The minimum atomic E-state index is -0.327. The number of hydrogen-bond donors (Lipinski definition) is 2. The minimum absolute atomic E-state index is 0.286. The van der Waals surface area contributed by atoms with Gasteiger partial charge in [-0.25, -0.2) is 9.48 Å². The molecule has 146 valence electrons. The third kappa shape index (κ3) is 4.20. The van der Waals surface area contributed by atoms with E-state index in [4.69, 9.17) is 9.47 Å². The van der Waals surface area contributed by atoms with E-state index < -0.39 is 0 Å². The summed E-state index contributed by atoms with van der Waals surface area (Å²) in [5, 5.41) is 16.9. The molecule has 1 heterocycles. The Balaban J connectivity index is 1.69. The maximum Gasteiger partial charge on any atom is 0.319 e. The van der Waals surface area contributed by atoms with Crippen LogP contribution in [0.25, 0.3) is 5.69 Å². The van der Waals surface area contributed by atoms with Gasteiger partial charge in [0.1, 0.15) is 17.8 Å². The molecule has 0 bridgehead atoms. The Bertz CT molecular complexity index is 958. The van der Waals surface area contributed by atoms with Crippen LogP contribution in [-0.4, -0.2) is 40.5 Å². The van der Waals surface area contributed by atoms with Gasteiger partial charge in [0.15, 0.2) is 0 Å². The Hall–Kier alpha value is -3.62. The van der Waals surface area contributed by atoms with Crippen LogP contribution in [0.5, 0.6) is 11.5 Å². The molecule has 1 atom stereocenters. The highest BCUT2D eigenvalue weighted by Gasteiger charge is 2.15. The number of carbonyl (C=O) groups is 1. The third-order valence-corrected chi connectivity index (χ3v) is 4.30. The van der Waals surface area contributed by atoms with Crippen molar-refractivity contribution in [3.8, 4) is 17.2 Å². The average Bonchev–Trinajstić information content (AvgIpc) is 3.21. The maximum atomic E-state index is 12.4. The second-order valence-electron chi connectivity index (χ2n) is 6.18. The third-order valence-electron chi connectivity index (χ3n) is 4.30. The van der Waals surface area contributed by atoms with E-state index in [0.29, 0.717) is 17.2 Å². The number of nitrogens with one attached hydrogen (secondary N) is 2. The number of urea groups is 1. The van der Waals surface area contributed by atoms with Crippen LogP contribution in [0.3, 0.4) is 0 Å². The van der Waals surface area contributed by atoms with Crippen LogP contribution in [0.2, 0.25) is 0 Å². The van der Waals surface area contributed by atoms with Gasteiger partial charge in [-0.15, -0.1) is 5.10 Å². The Morgan fingerprint density at radius 3 is 2.61 bits per heavy atom. The molecule has 3 aromatic rings. The molecule has 2 N–H and O–H groups in total. The van der Waals surface area contributed by atoms with Crippen molar-refractivity contribution in [2.45, 2.75) is 19.9 Å². The first-order chi connectivity index (χ1) is 13.5. The summed E-state index contributed by atoms with van der Waals surface area (Å²) >= 11 is 0. The molecule has 0 aliphatic rings. The molecule has 28 heavy (non-hydrogen) atoms. The fraction of sp³-hybridized carbons (Fsp3) is 0.263. The summed E-state index contributed by atoms with van der Waals surface area (Å²) in [5.74, 6) is 1.37. The van der Waals surface area contributed by atoms with Gasteiger partial charge in [-0.2, -0.15) is 0 Å². The number of ether oxygens (including phenoxy) is 2. The van der Waals surface area contributed by atoms with Crippen molar-refractivity contribution in [2.24, 2.45) is 0 Å². The first-order valence-electron chi connectivity index (χ1n) is 8.65.